The van der Waals surface area contributed by atoms with Gasteiger partial charge in [0.1, 0.15) is 5.75 Å². The van der Waals surface area contributed by atoms with E-state index in [1.807, 2.05) is 44.2 Å². The molecule has 0 radical (unpaired) electrons. The number of carbonyl (C=O) groups is 1. The topological polar surface area (TPSA) is 94.8 Å². The summed E-state index contributed by atoms with van der Waals surface area (Å²) in [6, 6.07) is 14.4. The molecule has 0 atom stereocenters. The van der Waals surface area contributed by atoms with Gasteiger partial charge in [0.25, 0.3) is 5.91 Å². The van der Waals surface area contributed by atoms with Gasteiger partial charge in [-0.15, -0.1) is 5.10 Å². The highest BCUT2D eigenvalue weighted by atomic mass is 35.5. The Bertz CT molecular complexity index is 1320. The second-order valence-corrected chi connectivity index (χ2v) is 9.49. The summed E-state index contributed by atoms with van der Waals surface area (Å²) in [5.74, 6) is 0.749. The monoisotopic (exact) mass is 528 g/mol. The lowest BCUT2D eigenvalue weighted by Gasteiger charge is -2.10. The molecule has 0 aliphatic carbocycles. The summed E-state index contributed by atoms with van der Waals surface area (Å²) < 4.78 is 6.74. The SMILES string of the molecule is COc1ccc(CNC(=O)c2nnn(-c3cc(Cl)cc(Cl)c3)c2CSc2nc(C)cc(C)n2)cc1. The molecule has 0 aliphatic heterocycles. The van der Waals surface area contributed by atoms with E-state index in [4.69, 9.17) is 27.9 Å². The number of carbonyl (C=O) groups excluding carboxylic acids is 1. The van der Waals surface area contributed by atoms with E-state index in [9.17, 15) is 4.79 Å². The van der Waals surface area contributed by atoms with Crippen LogP contribution >= 0.6 is 35.0 Å². The van der Waals surface area contributed by atoms with Gasteiger partial charge in [0, 0.05) is 33.7 Å². The molecule has 2 heterocycles. The summed E-state index contributed by atoms with van der Waals surface area (Å²) in [4.78, 5) is 22.1. The molecule has 35 heavy (non-hydrogen) atoms. The number of ether oxygens (including phenoxy) is 1. The number of hydrogen-bond acceptors (Lipinski definition) is 7. The Labute approximate surface area is 217 Å². The second-order valence-electron chi connectivity index (χ2n) is 7.68. The highest BCUT2D eigenvalue weighted by molar-refractivity contribution is 7.98. The Balaban J connectivity index is 1.62. The van der Waals surface area contributed by atoms with Crippen LogP contribution in [0, 0.1) is 13.8 Å². The minimum Gasteiger partial charge on any atom is -0.497 e. The van der Waals surface area contributed by atoms with Crippen LogP contribution in [0.4, 0.5) is 0 Å². The minimum absolute atomic E-state index is 0.200. The number of hydrogen-bond donors (Lipinski definition) is 1. The number of nitrogens with zero attached hydrogens (tertiary/aromatic N) is 5. The lowest BCUT2D eigenvalue weighted by Crippen LogP contribution is -2.24. The molecule has 1 N–H and O–H groups in total. The van der Waals surface area contributed by atoms with E-state index in [0.717, 1.165) is 22.7 Å². The Morgan fingerprint density at radius 3 is 2.31 bits per heavy atom. The van der Waals surface area contributed by atoms with Gasteiger partial charge in [0.15, 0.2) is 10.9 Å². The average Bonchev–Trinajstić information content (AvgIpc) is 3.24. The van der Waals surface area contributed by atoms with Crippen molar-refractivity contribution in [2.24, 2.45) is 0 Å². The van der Waals surface area contributed by atoms with Crippen LogP contribution < -0.4 is 10.1 Å². The first-order valence-electron chi connectivity index (χ1n) is 10.6. The van der Waals surface area contributed by atoms with Gasteiger partial charge in [0.05, 0.1) is 18.5 Å². The van der Waals surface area contributed by atoms with Gasteiger partial charge in [-0.2, -0.15) is 0 Å². The highest BCUT2D eigenvalue weighted by Crippen LogP contribution is 2.27. The number of nitrogens with one attached hydrogen (secondary N) is 1. The van der Waals surface area contributed by atoms with E-state index in [-0.39, 0.29) is 11.6 Å². The third kappa shape index (κ3) is 6.30. The van der Waals surface area contributed by atoms with Gasteiger partial charge in [0.2, 0.25) is 0 Å². The van der Waals surface area contributed by atoms with Gasteiger partial charge in [-0.05, 0) is 55.8 Å². The van der Waals surface area contributed by atoms with Crippen LogP contribution in [0.5, 0.6) is 5.75 Å². The number of aryl methyl sites for hydroxylation is 2. The molecular weight excluding hydrogens is 507 g/mol. The van der Waals surface area contributed by atoms with Crippen molar-refractivity contribution >= 4 is 40.9 Å². The van der Waals surface area contributed by atoms with Crippen molar-refractivity contribution < 1.29 is 9.53 Å². The molecule has 0 unspecified atom stereocenters. The Hall–Kier alpha value is -3.14. The summed E-state index contributed by atoms with van der Waals surface area (Å²) >= 11 is 13.8. The van der Waals surface area contributed by atoms with Crippen LogP contribution in [-0.2, 0) is 12.3 Å². The molecule has 0 aliphatic rings. The van der Waals surface area contributed by atoms with Crippen molar-refractivity contribution in [2.45, 2.75) is 31.3 Å². The molecule has 11 heteroatoms. The summed E-state index contributed by atoms with van der Waals surface area (Å²) in [5, 5.41) is 12.8. The van der Waals surface area contributed by atoms with Crippen LogP contribution in [0.2, 0.25) is 10.0 Å². The molecule has 2 aromatic carbocycles. The molecule has 4 rings (SSSR count). The van der Waals surface area contributed by atoms with Crippen molar-refractivity contribution in [2.75, 3.05) is 7.11 Å². The van der Waals surface area contributed by atoms with E-state index >= 15 is 0 Å². The van der Waals surface area contributed by atoms with E-state index < -0.39 is 0 Å². The molecular formula is C24H22Cl2N6O2S. The predicted octanol–water partition coefficient (Wildman–Crippen LogP) is 5.21. The zero-order chi connectivity index (χ0) is 24.9. The lowest BCUT2D eigenvalue weighted by atomic mass is 10.2. The van der Waals surface area contributed by atoms with Gasteiger partial charge in [-0.3, -0.25) is 4.79 Å². The van der Waals surface area contributed by atoms with Gasteiger partial charge in [-0.1, -0.05) is 52.3 Å². The third-order valence-electron chi connectivity index (χ3n) is 4.98. The van der Waals surface area contributed by atoms with Gasteiger partial charge < -0.3 is 10.1 Å². The van der Waals surface area contributed by atoms with E-state index in [1.165, 1.54) is 11.8 Å². The van der Waals surface area contributed by atoms with E-state index in [0.29, 0.717) is 38.9 Å². The first kappa shape index (κ1) is 25.0. The standard InChI is InChI=1S/C24H22Cl2N6O2S/c1-14-8-15(2)29-24(28-14)35-13-21-22(23(33)27-12-16-4-6-20(34-3)7-5-16)30-31-32(21)19-10-17(25)9-18(26)11-19/h4-11H,12-13H2,1-3H3,(H,27,33). The molecule has 1 amide bonds. The molecule has 8 nitrogen and oxygen atoms in total. The number of amides is 1. The molecule has 2 aromatic heterocycles. The highest BCUT2D eigenvalue weighted by Gasteiger charge is 2.22. The number of methoxy groups -OCH3 is 1. The van der Waals surface area contributed by atoms with Crippen LogP contribution in [-0.4, -0.2) is 38.0 Å². The number of halogens is 2. The second kappa shape index (κ2) is 11.1. The number of thioether (sulfide) groups is 1. The summed E-state index contributed by atoms with van der Waals surface area (Å²) in [7, 11) is 1.61. The smallest absolute Gasteiger partial charge is 0.274 e. The van der Waals surface area contributed by atoms with Crippen LogP contribution in [0.1, 0.15) is 33.1 Å². The van der Waals surface area contributed by atoms with Crippen molar-refractivity contribution in [3.05, 3.63) is 86.9 Å². The fourth-order valence-corrected chi connectivity index (χ4v) is 4.83. The van der Waals surface area contributed by atoms with Crippen molar-refractivity contribution in [1.29, 1.82) is 0 Å². The Morgan fingerprint density at radius 2 is 1.69 bits per heavy atom. The van der Waals surface area contributed by atoms with Crippen molar-refractivity contribution in [1.82, 2.24) is 30.3 Å². The van der Waals surface area contributed by atoms with Crippen molar-refractivity contribution in [3.63, 3.8) is 0 Å². The molecule has 0 bridgehead atoms. The maximum Gasteiger partial charge on any atom is 0.274 e. The fourth-order valence-electron chi connectivity index (χ4n) is 3.38. The zero-order valence-corrected chi connectivity index (χ0v) is 21.6. The molecule has 0 fully saturated rings. The third-order valence-corrected chi connectivity index (χ3v) is 6.28. The maximum absolute atomic E-state index is 13.1. The normalized spacial score (nSPS) is 10.9. The van der Waals surface area contributed by atoms with Crippen LogP contribution in [0.3, 0.4) is 0 Å². The lowest BCUT2D eigenvalue weighted by molar-refractivity contribution is 0.0945. The Morgan fingerprint density at radius 1 is 1.03 bits per heavy atom. The summed E-state index contributed by atoms with van der Waals surface area (Å²) in [6.45, 7) is 4.15. The summed E-state index contributed by atoms with van der Waals surface area (Å²) in [5.41, 5.74) is 4.03. The summed E-state index contributed by atoms with van der Waals surface area (Å²) in [6.07, 6.45) is 0. The number of benzene rings is 2. The largest absolute Gasteiger partial charge is 0.497 e. The molecule has 4 aromatic rings. The van der Waals surface area contributed by atoms with E-state index in [2.05, 4.69) is 25.6 Å². The van der Waals surface area contributed by atoms with Gasteiger partial charge in [-0.25, -0.2) is 14.6 Å². The average molecular weight is 529 g/mol. The first-order chi connectivity index (χ1) is 16.8. The molecule has 0 saturated carbocycles. The zero-order valence-electron chi connectivity index (χ0n) is 19.2. The maximum atomic E-state index is 13.1. The molecule has 0 spiro atoms. The number of rotatable bonds is 8. The minimum atomic E-state index is -0.350. The fraction of sp³-hybridized carbons (Fsp3) is 0.208. The van der Waals surface area contributed by atoms with Crippen LogP contribution in [0.25, 0.3) is 5.69 Å². The first-order valence-corrected chi connectivity index (χ1v) is 12.3. The Kier molecular flexibility index (Phi) is 7.90. The quantitative estimate of drug-likeness (QED) is 0.247. The van der Waals surface area contributed by atoms with Crippen molar-refractivity contribution in [3.8, 4) is 11.4 Å². The molecule has 180 valence electrons. The predicted molar refractivity (Wildman–Crippen MR) is 137 cm³/mol. The number of aromatic nitrogens is 5. The van der Waals surface area contributed by atoms with Crippen LogP contribution in [0.15, 0.2) is 53.7 Å². The van der Waals surface area contributed by atoms with Gasteiger partial charge >= 0.3 is 0 Å². The molecule has 0 saturated heterocycles. The van der Waals surface area contributed by atoms with E-state index in [1.54, 1.807) is 30.0 Å².